The summed E-state index contributed by atoms with van der Waals surface area (Å²) < 4.78 is 27.9. The summed E-state index contributed by atoms with van der Waals surface area (Å²) in [5.41, 5.74) is 0.333. The minimum absolute atomic E-state index is 0.221. The van der Waals surface area contributed by atoms with Gasteiger partial charge in [-0.1, -0.05) is 12.1 Å². The number of aliphatic hydroxyl groups excluding tert-OH is 1. The first kappa shape index (κ1) is 13.9. The third kappa shape index (κ3) is 2.86. The summed E-state index contributed by atoms with van der Waals surface area (Å²) in [6.07, 6.45) is 2.46. The lowest BCUT2D eigenvalue weighted by atomic mass is 10.1. The number of halogens is 2. The predicted octanol–water partition coefficient (Wildman–Crippen LogP) is 3.62. The normalized spacial score (nSPS) is 12.5. The summed E-state index contributed by atoms with van der Waals surface area (Å²) in [5, 5.41) is 12.1. The highest BCUT2D eigenvalue weighted by atomic mass is 32.1. The molecule has 1 atom stereocenters. The van der Waals surface area contributed by atoms with Crippen LogP contribution in [0.4, 0.5) is 8.78 Å². The Morgan fingerprint density at radius 1 is 1.24 bits per heavy atom. The summed E-state index contributed by atoms with van der Waals surface area (Å²) in [5.74, 6) is -1.14. The van der Waals surface area contributed by atoms with Gasteiger partial charge in [0.25, 0.3) is 0 Å². The molecular weight excluding hydrogens is 294 g/mol. The molecule has 108 valence electrons. The fraction of sp³-hybridized carbons (Fsp3) is 0.133. The first-order chi connectivity index (χ1) is 10.1. The summed E-state index contributed by atoms with van der Waals surface area (Å²) in [6.45, 7) is 0.221. The van der Waals surface area contributed by atoms with E-state index >= 15 is 0 Å². The van der Waals surface area contributed by atoms with E-state index in [-0.39, 0.29) is 6.54 Å². The first-order valence-corrected chi connectivity index (χ1v) is 7.21. The van der Waals surface area contributed by atoms with Gasteiger partial charge in [0.05, 0.1) is 17.5 Å². The summed E-state index contributed by atoms with van der Waals surface area (Å²) in [7, 11) is 0. The number of nitrogens with zero attached hydrogens (tertiary/aromatic N) is 2. The molecule has 0 saturated carbocycles. The highest BCUT2D eigenvalue weighted by molar-refractivity contribution is 7.13. The number of thiophene rings is 1. The molecule has 0 fully saturated rings. The smallest absolute Gasteiger partial charge is 0.159 e. The fourth-order valence-electron chi connectivity index (χ4n) is 2.10. The van der Waals surface area contributed by atoms with Crippen molar-refractivity contribution in [2.45, 2.75) is 12.6 Å². The minimum Gasteiger partial charge on any atom is -0.387 e. The van der Waals surface area contributed by atoms with Gasteiger partial charge in [0.1, 0.15) is 5.82 Å². The molecule has 2 heterocycles. The molecule has 0 aliphatic carbocycles. The van der Waals surface area contributed by atoms with Gasteiger partial charge < -0.3 is 9.67 Å². The van der Waals surface area contributed by atoms with Crippen LogP contribution in [-0.4, -0.2) is 14.7 Å². The van der Waals surface area contributed by atoms with Crippen molar-refractivity contribution in [1.82, 2.24) is 9.55 Å². The highest BCUT2D eigenvalue weighted by Gasteiger charge is 2.14. The Hall–Kier alpha value is -2.05. The van der Waals surface area contributed by atoms with Gasteiger partial charge in [-0.05, 0) is 29.1 Å². The van der Waals surface area contributed by atoms with Crippen LogP contribution in [-0.2, 0) is 6.54 Å². The molecule has 0 amide bonds. The number of imidazole rings is 1. The van der Waals surface area contributed by atoms with Crippen molar-refractivity contribution < 1.29 is 13.9 Å². The third-order valence-corrected chi connectivity index (χ3v) is 4.02. The molecule has 1 aromatic carbocycles. The Labute approximate surface area is 124 Å². The number of hydrogen-bond acceptors (Lipinski definition) is 3. The van der Waals surface area contributed by atoms with Gasteiger partial charge in [-0.15, -0.1) is 11.3 Å². The standard InChI is InChI=1S/C15H12F2N2OS/c16-11-4-3-10(8-12(11)17)13(20)9-19-6-5-18-15(19)14-2-1-7-21-14/h1-8,13,20H,9H2. The molecule has 0 aliphatic heterocycles. The number of aliphatic hydroxyl groups is 1. The molecule has 1 unspecified atom stereocenters. The molecule has 3 rings (SSSR count). The zero-order valence-corrected chi connectivity index (χ0v) is 11.7. The van der Waals surface area contributed by atoms with E-state index in [1.54, 1.807) is 28.3 Å². The van der Waals surface area contributed by atoms with E-state index in [1.165, 1.54) is 6.07 Å². The molecule has 0 radical (unpaired) electrons. The Balaban J connectivity index is 1.84. The van der Waals surface area contributed by atoms with Gasteiger partial charge in [0.2, 0.25) is 0 Å². The van der Waals surface area contributed by atoms with E-state index in [0.29, 0.717) is 5.56 Å². The largest absolute Gasteiger partial charge is 0.387 e. The second-order valence-corrected chi connectivity index (χ2v) is 5.52. The molecule has 3 nitrogen and oxygen atoms in total. The number of rotatable bonds is 4. The van der Waals surface area contributed by atoms with Crippen molar-refractivity contribution in [3.8, 4) is 10.7 Å². The van der Waals surface area contributed by atoms with Crippen LogP contribution in [0.15, 0.2) is 48.1 Å². The topological polar surface area (TPSA) is 38.0 Å². The van der Waals surface area contributed by atoms with Crippen molar-refractivity contribution in [2.24, 2.45) is 0 Å². The molecule has 0 spiro atoms. The van der Waals surface area contributed by atoms with Crippen LogP contribution in [0.3, 0.4) is 0 Å². The summed E-state index contributed by atoms with van der Waals surface area (Å²) in [4.78, 5) is 5.25. The van der Waals surface area contributed by atoms with E-state index < -0.39 is 17.7 Å². The molecule has 3 aromatic rings. The minimum atomic E-state index is -0.962. The number of hydrogen-bond donors (Lipinski definition) is 1. The first-order valence-electron chi connectivity index (χ1n) is 6.33. The molecule has 2 aromatic heterocycles. The van der Waals surface area contributed by atoms with Gasteiger partial charge in [-0.25, -0.2) is 13.8 Å². The lowest BCUT2D eigenvalue weighted by molar-refractivity contribution is 0.156. The van der Waals surface area contributed by atoms with Crippen molar-refractivity contribution >= 4 is 11.3 Å². The Morgan fingerprint density at radius 2 is 2.10 bits per heavy atom. The van der Waals surface area contributed by atoms with Crippen LogP contribution in [0.25, 0.3) is 10.7 Å². The predicted molar refractivity (Wildman–Crippen MR) is 76.9 cm³/mol. The lowest BCUT2D eigenvalue weighted by Gasteiger charge is -2.14. The van der Waals surface area contributed by atoms with Crippen LogP contribution in [0.5, 0.6) is 0 Å². The van der Waals surface area contributed by atoms with Gasteiger partial charge in [0.15, 0.2) is 11.6 Å². The highest BCUT2D eigenvalue weighted by Crippen LogP contribution is 2.25. The second kappa shape index (κ2) is 5.75. The van der Waals surface area contributed by atoms with Gasteiger partial charge in [-0.2, -0.15) is 0 Å². The quantitative estimate of drug-likeness (QED) is 0.799. The van der Waals surface area contributed by atoms with Gasteiger partial charge in [-0.3, -0.25) is 0 Å². The van der Waals surface area contributed by atoms with Gasteiger partial charge >= 0.3 is 0 Å². The maximum absolute atomic E-state index is 13.2. The molecule has 21 heavy (non-hydrogen) atoms. The second-order valence-electron chi connectivity index (χ2n) is 4.57. The van der Waals surface area contributed by atoms with Crippen molar-refractivity contribution in [3.63, 3.8) is 0 Å². The summed E-state index contributed by atoms with van der Waals surface area (Å²) in [6, 6.07) is 7.27. The molecule has 0 aliphatic rings. The van der Waals surface area contributed by atoms with Gasteiger partial charge in [0, 0.05) is 12.4 Å². The van der Waals surface area contributed by atoms with Crippen molar-refractivity contribution in [3.05, 3.63) is 65.3 Å². The SMILES string of the molecule is OC(Cn1ccnc1-c1cccs1)c1ccc(F)c(F)c1. The van der Waals surface area contributed by atoms with Crippen LogP contribution in [0.2, 0.25) is 0 Å². The Kier molecular flexibility index (Phi) is 3.81. The fourth-order valence-corrected chi connectivity index (χ4v) is 2.84. The Morgan fingerprint density at radius 3 is 2.81 bits per heavy atom. The number of benzene rings is 1. The maximum atomic E-state index is 13.2. The van der Waals surface area contributed by atoms with Crippen LogP contribution in [0, 0.1) is 11.6 Å². The summed E-state index contributed by atoms with van der Waals surface area (Å²) >= 11 is 1.55. The number of aromatic nitrogens is 2. The average Bonchev–Trinajstić information content (AvgIpc) is 3.12. The lowest BCUT2D eigenvalue weighted by Crippen LogP contribution is -2.09. The molecule has 0 bridgehead atoms. The molecule has 0 saturated heterocycles. The van der Waals surface area contributed by atoms with E-state index in [1.807, 2.05) is 17.5 Å². The van der Waals surface area contributed by atoms with Crippen molar-refractivity contribution in [2.75, 3.05) is 0 Å². The zero-order valence-electron chi connectivity index (χ0n) is 10.9. The molecule has 1 N–H and O–H groups in total. The molecule has 6 heteroatoms. The maximum Gasteiger partial charge on any atom is 0.159 e. The van der Waals surface area contributed by atoms with Crippen LogP contribution in [0.1, 0.15) is 11.7 Å². The monoisotopic (exact) mass is 306 g/mol. The Bertz CT molecular complexity index is 740. The van der Waals surface area contributed by atoms with E-state index in [9.17, 15) is 13.9 Å². The third-order valence-electron chi connectivity index (χ3n) is 3.16. The van der Waals surface area contributed by atoms with E-state index in [2.05, 4.69) is 4.98 Å². The van der Waals surface area contributed by atoms with E-state index in [4.69, 9.17) is 0 Å². The molecular formula is C15H12F2N2OS. The average molecular weight is 306 g/mol. The van der Waals surface area contributed by atoms with E-state index in [0.717, 1.165) is 22.8 Å². The van der Waals surface area contributed by atoms with Crippen LogP contribution >= 0.6 is 11.3 Å². The van der Waals surface area contributed by atoms with Crippen LogP contribution < -0.4 is 0 Å². The van der Waals surface area contributed by atoms with Crippen molar-refractivity contribution in [1.29, 1.82) is 0 Å². The zero-order chi connectivity index (χ0) is 14.8.